The molecular weight excluding hydrogens is 350 g/mol. The molecule has 0 aliphatic heterocycles. The van der Waals surface area contributed by atoms with Gasteiger partial charge in [-0.2, -0.15) is 0 Å². The predicted octanol–water partition coefficient (Wildman–Crippen LogP) is 3.93. The fourth-order valence-electron chi connectivity index (χ4n) is 2.70. The molecule has 1 fully saturated rings. The number of amides is 1. The average Bonchev–Trinajstić information content (AvgIpc) is 3.01. The van der Waals surface area contributed by atoms with Crippen molar-refractivity contribution in [3.8, 4) is 0 Å². The van der Waals surface area contributed by atoms with Crippen LogP contribution in [0.5, 0.6) is 0 Å². The molecule has 6 heteroatoms. The summed E-state index contributed by atoms with van der Waals surface area (Å²) in [5.41, 5.74) is 0. The summed E-state index contributed by atoms with van der Waals surface area (Å²) in [5, 5.41) is 3.69. The number of hydrogen-bond donors (Lipinski definition) is 1. The Kier molecular flexibility index (Phi) is 10.3. The number of nitrogens with one attached hydrogen (secondary N) is 1. The van der Waals surface area contributed by atoms with Crippen molar-refractivity contribution in [1.29, 1.82) is 0 Å². The van der Waals surface area contributed by atoms with Crippen LogP contribution < -0.4 is 5.32 Å². The van der Waals surface area contributed by atoms with Crippen molar-refractivity contribution in [2.24, 2.45) is 0 Å². The summed E-state index contributed by atoms with van der Waals surface area (Å²) in [6, 6.07) is -0.602. The Hall–Kier alpha value is -0.780. The van der Waals surface area contributed by atoms with E-state index >= 15 is 0 Å². The van der Waals surface area contributed by atoms with Crippen LogP contribution in [0.3, 0.4) is 0 Å². The molecule has 1 saturated carbocycles. The van der Waals surface area contributed by atoms with Crippen LogP contribution in [0.2, 0.25) is 0 Å². The molecule has 1 rings (SSSR count). The molecule has 0 aromatic heterocycles. The molecule has 128 valence electrons. The van der Waals surface area contributed by atoms with E-state index in [9.17, 15) is 9.59 Å². The number of rotatable bonds is 10. The summed E-state index contributed by atoms with van der Waals surface area (Å²) in [6.07, 6.45) is 9.60. The highest BCUT2D eigenvalue weighted by Crippen LogP contribution is 2.21. The van der Waals surface area contributed by atoms with E-state index in [1.165, 1.54) is 20.0 Å². The molecule has 0 bridgehead atoms. The quantitative estimate of drug-likeness (QED) is 0.355. The van der Waals surface area contributed by atoms with Crippen LogP contribution in [-0.4, -0.2) is 36.6 Å². The standard InChI is InChI=1S/C16H28BrNO4/c1-21-15(19)14(11-5-3-2-4-8-12-17)18-16(20)22-13-9-6-7-10-13/h13-14H,2-12H2,1H3,(H,18,20)/t14-/m0/s1. The number of alkyl halides is 1. The molecular formula is C16H28BrNO4. The largest absolute Gasteiger partial charge is 0.467 e. The molecule has 0 aromatic carbocycles. The van der Waals surface area contributed by atoms with Gasteiger partial charge in [-0.1, -0.05) is 41.6 Å². The first kappa shape index (κ1) is 19.3. The molecule has 1 N–H and O–H groups in total. The summed E-state index contributed by atoms with van der Waals surface area (Å²) in [6.45, 7) is 0. The van der Waals surface area contributed by atoms with Gasteiger partial charge in [-0.15, -0.1) is 0 Å². The Bertz CT molecular complexity index is 332. The monoisotopic (exact) mass is 377 g/mol. The molecule has 0 aromatic rings. The van der Waals surface area contributed by atoms with Crippen LogP contribution in [0, 0.1) is 0 Å². The molecule has 0 heterocycles. The van der Waals surface area contributed by atoms with E-state index < -0.39 is 18.1 Å². The van der Waals surface area contributed by atoms with Crippen molar-refractivity contribution in [2.45, 2.75) is 76.4 Å². The van der Waals surface area contributed by atoms with Gasteiger partial charge in [-0.05, 0) is 38.5 Å². The van der Waals surface area contributed by atoms with Crippen LogP contribution in [-0.2, 0) is 14.3 Å². The van der Waals surface area contributed by atoms with Crippen molar-refractivity contribution in [3.05, 3.63) is 0 Å². The first-order valence-corrected chi connectivity index (χ1v) is 9.40. The summed E-state index contributed by atoms with van der Waals surface area (Å²) >= 11 is 3.41. The lowest BCUT2D eigenvalue weighted by Gasteiger charge is -2.18. The SMILES string of the molecule is COC(=O)[C@H](CCCCCCCBr)NC(=O)OC1CCCC1. The van der Waals surface area contributed by atoms with E-state index in [1.807, 2.05) is 0 Å². The second-order valence-corrected chi connectivity index (χ2v) is 6.57. The van der Waals surface area contributed by atoms with Gasteiger partial charge < -0.3 is 14.8 Å². The van der Waals surface area contributed by atoms with Crippen molar-refractivity contribution in [1.82, 2.24) is 5.32 Å². The zero-order valence-corrected chi connectivity index (χ0v) is 15.0. The summed E-state index contributed by atoms with van der Waals surface area (Å²) in [5.74, 6) is -0.399. The number of methoxy groups -OCH3 is 1. The van der Waals surface area contributed by atoms with Gasteiger partial charge in [-0.25, -0.2) is 9.59 Å². The zero-order chi connectivity index (χ0) is 16.2. The predicted molar refractivity (Wildman–Crippen MR) is 89.2 cm³/mol. The Morgan fingerprint density at radius 1 is 1.14 bits per heavy atom. The van der Waals surface area contributed by atoms with Gasteiger partial charge in [0.2, 0.25) is 0 Å². The highest BCUT2D eigenvalue weighted by atomic mass is 79.9. The molecule has 22 heavy (non-hydrogen) atoms. The number of carbonyl (C=O) groups is 2. The molecule has 1 amide bonds. The van der Waals surface area contributed by atoms with E-state index in [4.69, 9.17) is 9.47 Å². The highest BCUT2D eigenvalue weighted by Gasteiger charge is 2.24. The van der Waals surface area contributed by atoms with E-state index in [-0.39, 0.29) is 6.10 Å². The lowest BCUT2D eigenvalue weighted by Crippen LogP contribution is -2.42. The second kappa shape index (κ2) is 11.7. The Labute approximate surface area is 141 Å². The fourth-order valence-corrected chi connectivity index (χ4v) is 3.09. The first-order valence-electron chi connectivity index (χ1n) is 8.28. The van der Waals surface area contributed by atoms with E-state index in [1.54, 1.807) is 0 Å². The minimum absolute atomic E-state index is 0.00236. The third-order valence-corrected chi connectivity index (χ3v) is 4.54. The summed E-state index contributed by atoms with van der Waals surface area (Å²) < 4.78 is 10.1. The van der Waals surface area contributed by atoms with Crippen molar-refractivity contribution < 1.29 is 19.1 Å². The highest BCUT2D eigenvalue weighted by molar-refractivity contribution is 9.09. The number of carbonyl (C=O) groups excluding carboxylic acids is 2. The van der Waals surface area contributed by atoms with Crippen LogP contribution in [0.1, 0.15) is 64.2 Å². The minimum atomic E-state index is -0.602. The van der Waals surface area contributed by atoms with Gasteiger partial charge in [0, 0.05) is 5.33 Å². The maximum Gasteiger partial charge on any atom is 0.408 e. The van der Waals surface area contributed by atoms with Crippen LogP contribution >= 0.6 is 15.9 Å². The molecule has 0 saturated heterocycles. The smallest absolute Gasteiger partial charge is 0.408 e. The number of esters is 1. The normalized spacial score (nSPS) is 16.3. The van der Waals surface area contributed by atoms with Gasteiger partial charge >= 0.3 is 12.1 Å². The number of ether oxygens (including phenoxy) is 2. The van der Waals surface area contributed by atoms with Crippen molar-refractivity contribution in [2.75, 3.05) is 12.4 Å². The molecule has 0 radical (unpaired) electrons. The van der Waals surface area contributed by atoms with Gasteiger partial charge in [0.05, 0.1) is 7.11 Å². The van der Waals surface area contributed by atoms with Crippen molar-refractivity contribution in [3.63, 3.8) is 0 Å². The van der Waals surface area contributed by atoms with Crippen molar-refractivity contribution >= 4 is 28.0 Å². The topological polar surface area (TPSA) is 64.6 Å². The molecule has 1 atom stereocenters. The van der Waals surface area contributed by atoms with Gasteiger partial charge in [0.25, 0.3) is 0 Å². The maximum atomic E-state index is 11.9. The number of hydrogen-bond acceptors (Lipinski definition) is 4. The molecule has 0 spiro atoms. The maximum absolute atomic E-state index is 11.9. The van der Waals surface area contributed by atoms with E-state index in [0.29, 0.717) is 6.42 Å². The lowest BCUT2D eigenvalue weighted by atomic mass is 10.1. The average molecular weight is 378 g/mol. The molecule has 0 unspecified atom stereocenters. The number of halogens is 1. The number of unbranched alkanes of at least 4 members (excludes halogenated alkanes) is 4. The van der Waals surface area contributed by atoms with E-state index in [0.717, 1.165) is 50.3 Å². The van der Waals surface area contributed by atoms with Crippen LogP contribution in [0.25, 0.3) is 0 Å². The van der Waals surface area contributed by atoms with Gasteiger partial charge in [-0.3, -0.25) is 0 Å². The summed E-state index contributed by atoms with van der Waals surface area (Å²) in [4.78, 5) is 23.6. The van der Waals surface area contributed by atoms with Gasteiger partial charge in [0.15, 0.2) is 0 Å². The van der Waals surface area contributed by atoms with Gasteiger partial charge in [0.1, 0.15) is 12.1 Å². The van der Waals surface area contributed by atoms with E-state index in [2.05, 4.69) is 21.2 Å². The zero-order valence-electron chi connectivity index (χ0n) is 13.4. The Morgan fingerprint density at radius 3 is 2.41 bits per heavy atom. The fraction of sp³-hybridized carbons (Fsp3) is 0.875. The number of alkyl carbamates (subject to hydrolysis) is 1. The summed E-state index contributed by atoms with van der Waals surface area (Å²) in [7, 11) is 1.34. The molecule has 1 aliphatic rings. The Morgan fingerprint density at radius 2 is 1.77 bits per heavy atom. The lowest BCUT2D eigenvalue weighted by molar-refractivity contribution is -0.143. The Balaban J connectivity index is 2.26. The molecule has 5 nitrogen and oxygen atoms in total. The van der Waals surface area contributed by atoms with Crippen LogP contribution in [0.15, 0.2) is 0 Å². The first-order chi connectivity index (χ1) is 10.7. The third-order valence-electron chi connectivity index (χ3n) is 3.98. The third kappa shape index (κ3) is 8.01. The molecule has 1 aliphatic carbocycles. The van der Waals surface area contributed by atoms with Crippen LogP contribution in [0.4, 0.5) is 4.79 Å². The second-order valence-electron chi connectivity index (χ2n) is 5.78. The minimum Gasteiger partial charge on any atom is -0.467 e.